The topological polar surface area (TPSA) is 52.9 Å². The Labute approximate surface area is 115 Å². The van der Waals surface area contributed by atoms with Crippen LogP contribution in [0.4, 0.5) is 5.69 Å². The highest BCUT2D eigenvalue weighted by atomic mass is 16.1. The van der Waals surface area contributed by atoms with Crippen molar-refractivity contribution >= 4 is 11.6 Å². The van der Waals surface area contributed by atoms with Crippen LogP contribution in [-0.4, -0.2) is 5.91 Å². The first-order chi connectivity index (χ1) is 8.82. The lowest BCUT2D eigenvalue weighted by molar-refractivity contribution is -0.117. The molecule has 1 aromatic carbocycles. The quantitative estimate of drug-likeness (QED) is 0.893. The second-order valence-electron chi connectivity index (χ2n) is 6.05. The molecule has 1 amide bonds. The van der Waals surface area contributed by atoms with Crippen LogP contribution in [0.25, 0.3) is 0 Å². The first-order valence-electron chi connectivity index (χ1n) is 6.58. The van der Waals surface area contributed by atoms with Crippen molar-refractivity contribution in [1.82, 2.24) is 0 Å². The minimum absolute atomic E-state index is 0.0375. The summed E-state index contributed by atoms with van der Waals surface area (Å²) >= 11 is 0. The van der Waals surface area contributed by atoms with Crippen LogP contribution in [0.3, 0.4) is 0 Å². The summed E-state index contributed by atoms with van der Waals surface area (Å²) in [4.78, 5) is 11.9. The number of nitrogens with zero attached hydrogens (tertiary/aromatic N) is 1. The SMILES string of the molecule is CC(CC(=O)Nc1ccc(CC#N)cc1)C(C)(C)C. The molecule has 1 atom stereocenters. The molecule has 3 heteroatoms. The van der Waals surface area contributed by atoms with Gasteiger partial charge in [0.1, 0.15) is 0 Å². The molecule has 102 valence electrons. The molecule has 0 saturated heterocycles. The van der Waals surface area contributed by atoms with Crippen molar-refractivity contribution in [3.63, 3.8) is 0 Å². The molecule has 1 N–H and O–H groups in total. The fourth-order valence-corrected chi connectivity index (χ4v) is 1.59. The first-order valence-corrected chi connectivity index (χ1v) is 6.58. The Morgan fingerprint density at radius 3 is 2.37 bits per heavy atom. The molecule has 0 aromatic heterocycles. The number of benzene rings is 1. The Morgan fingerprint density at radius 2 is 1.89 bits per heavy atom. The Hall–Kier alpha value is -1.82. The molecule has 0 fully saturated rings. The van der Waals surface area contributed by atoms with Gasteiger partial charge < -0.3 is 5.32 Å². The monoisotopic (exact) mass is 258 g/mol. The molecule has 1 aromatic rings. The predicted octanol–water partition coefficient (Wildman–Crippen LogP) is 3.76. The molecule has 0 bridgehead atoms. The Bertz CT molecular complexity index is 463. The number of rotatable bonds is 4. The molecular weight excluding hydrogens is 236 g/mol. The second-order valence-corrected chi connectivity index (χ2v) is 6.05. The third-order valence-corrected chi connectivity index (χ3v) is 3.49. The third kappa shape index (κ3) is 5.13. The van der Waals surface area contributed by atoms with Crippen molar-refractivity contribution in [3.8, 4) is 6.07 Å². The molecule has 0 saturated carbocycles. The van der Waals surface area contributed by atoms with Crippen LogP contribution in [0.15, 0.2) is 24.3 Å². The van der Waals surface area contributed by atoms with E-state index in [1.807, 2.05) is 24.3 Å². The maximum Gasteiger partial charge on any atom is 0.224 e. The minimum atomic E-state index is 0.0375. The van der Waals surface area contributed by atoms with E-state index in [4.69, 9.17) is 5.26 Å². The van der Waals surface area contributed by atoms with Gasteiger partial charge in [-0.25, -0.2) is 0 Å². The maximum atomic E-state index is 11.9. The van der Waals surface area contributed by atoms with E-state index in [0.717, 1.165) is 11.3 Å². The zero-order chi connectivity index (χ0) is 14.5. The molecule has 0 spiro atoms. The minimum Gasteiger partial charge on any atom is -0.326 e. The van der Waals surface area contributed by atoms with Gasteiger partial charge in [0.05, 0.1) is 12.5 Å². The van der Waals surface area contributed by atoms with Gasteiger partial charge in [0, 0.05) is 12.1 Å². The van der Waals surface area contributed by atoms with Gasteiger partial charge >= 0.3 is 0 Å². The average Bonchev–Trinajstić information content (AvgIpc) is 2.30. The molecule has 0 aliphatic rings. The molecule has 19 heavy (non-hydrogen) atoms. The fraction of sp³-hybridized carbons (Fsp3) is 0.500. The van der Waals surface area contributed by atoms with Crippen LogP contribution < -0.4 is 5.32 Å². The standard InChI is InChI=1S/C16H22N2O/c1-12(16(2,3)4)11-15(19)18-14-7-5-13(6-8-14)9-10-17/h5-8,12H,9,11H2,1-4H3,(H,18,19). The van der Waals surface area contributed by atoms with Crippen molar-refractivity contribution in [1.29, 1.82) is 5.26 Å². The van der Waals surface area contributed by atoms with Crippen LogP contribution >= 0.6 is 0 Å². The lowest BCUT2D eigenvalue weighted by Gasteiger charge is -2.26. The second kappa shape index (κ2) is 6.38. The fourth-order valence-electron chi connectivity index (χ4n) is 1.59. The maximum absolute atomic E-state index is 11.9. The van der Waals surface area contributed by atoms with Crippen molar-refractivity contribution in [3.05, 3.63) is 29.8 Å². The van der Waals surface area contributed by atoms with Crippen LogP contribution in [0.1, 0.15) is 39.7 Å². The lowest BCUT2D eigenvalue weighted by atomic mass is 9.80. The zero-order valence-corrected chi connectivity index (χ0v) is 12.2. The molecular formula is C16H22N2O. The van der Waals surface area contributed by atoms with Crippen LogP contribution in [0.2, 0.25) is 0 Å². The average molecular weight is 258 g/mol. The molecule has 0 aliphatic heterocycles. The van der Waals surface area contributed by atoms with Crippen LogP contribution in [0.5, 0.6) is 0 Å². The molecule has 1 rings (SSSR count). The van der Waals surface area contributed by atoms with Gasteiger partial charge in [-0.15, -0.1) is 0 Å². The number of hydrogen-bond acceptors (Lipinski definition) is 2. The summed E-state index contributed by atoms with van der Waals surface area (Å²) in [6, 6.07) is 9.51. The van der Waals surface area contributed by atoms with Gasteiger partial charge in [-0.05, 0) is 29.0 Å². The van der Waals surface area contributed by atoms with Crippen molar-refractivity contribution in [2.24, 2.45) is 11.3 Å². The summed E-state index contributed by atoms with van der Waals surface area (Å²) in [6.45, 7) is 8.51. The van der Waals surface area contributed by atoms with E-state index in [1.165, 1.54) is 0 Å². The Morgan fingerprint density at radius 1 is 1.32 bits per heavy atom. The van der Waals surface area contributed by atoms with Crippen LogP contribution in [-0.2, 0) is 11.2 Å². The Balaban J connectivity index is 2.56. The Kier molecular flexibility index (Phi) is 5.11. The molecule has 0 heterocycles. The largest absolute Gasteiger partial charge is 0.326 e. The van der Waals surface area contributed by atoms with Gasteiger partial charge in [0.25, 0.3) is 0 Å². The van der Waals surface area contributed by atoms with Gasteiger partial charge in [-0.1, -0.05) is 39.8 Å². The molecule has 0 aliphatic carbocycles. The third-order valence-electron chi connectivity index (χ3n) is 3.49. The van der Waals surface area contributed by atoms with Gasteiger partial charge in [0.15, 0.2) is 0 Å². The number of amides is 1. The number of carbonyl (C=O) groups excluding carboxylic acids is 1. The van der Waals surface area contributed by atoms with Gasteiger partial charge in [0.2, 0.25) is 5.91 Å². The highest BCUT2D eigenvalue weighted by Gasteiger charge is 2.22. The van der Waals surface area contributed by atoms with E-state index in [1.54, 1.807) is 0 Å². The number of carbonyl (C=O) groups is 1. The summed E-state index contributed by atoms with van der Waals surface area (Å²) in [7, 11) is 0. The summed E-state index contributed by atoms with van der Waals surface area (Å²) < 4.78 is 0. The van der Waals surface area contributed by atoms with E-state index in [2.05, 4.69) is 39.1 Å². The van der Waals surface area contributed by atoms with E-state index in [-0.39, 0.29) is 11.3 Å². The number of hydrogen-bond donors (Lipinski definition) is 1. The van der Waals surface area contributed by atoms with Gasteiger partial charge in [-0.2, -0.15) is 5.26 Å². The van der Waals surface area contributed by atoms with E-state index in [9.17, 15) is 4.79 Å². The van der Waals surface area contributed by atoms with Crippen molar-refractivity contribution in [2.45, 2.75) is 40.5 Å². The smallest absolute Gasteiger partial charge is 0.224 e. The summed E-state index contributed by atoms with van der Waals surface area (Å²) in [5.74, 6) is 0.362. The molecule has 0 radical (unpaired) electrons. The van der Waals surface area contributed by atoms with E-state index >= 15 is 0 Å². The molecule has 1 unspecified atom stereocenters. The highest BCUT2D eigenvalue weighted by molar-refractivity contribution is 5.90. The lowest BCUT2D eigenvalue weighted by Crippen LogP contribution is -2.23. The van der Waals surface area contributed by atoms with Crippen molar-refractivity contribution in [2.75, 3.05) is 5.32 Å². The number of nitrogens with one attached hydrogen (secondary N) is 1. The normalized spacial score (nSPS) is 12.6. The summed E-state index contributed by atoms with van der Waals surface area (Å²) in [5.41, 5.74) is 1.88. The van der Waals surface area contributed by atoms with Crippen LogP contribution in [0, 0.1) is 22.7 Å². The van der Waals surface area contributed by atoms with Gasteiger partial charge in [-0.3, -0.25) is 4.79 Å². The first kappa shape index (κ1) is 15.2. The number of nitriles is 1. The zero-order valence-electron chi connectivity index (χ0n) is 12.2. The number of anilines is 1. The molecule has 3 nitrogen and oxygen atoms in total. The van der Waals surface area contributed by atoms with E-state index < -0.39 is 0 Å². The summed E-state index contributed by atoms with van der Waals surface area (Å²) in [5, 5.41) is 11.5. The van der Waals surface area contributed by atoms with Crippen molar-refractivity contribution < 1.29 is 4.79 Å². The predicted molar refractivity (Wildman–Crippen MR) is 77.6 cm³/mol. The van der Waals surface area contributed by atoms with E-state index in [0.29, 0.717) is 18.8 Å². The summed E-state index contributed by atoms with van der Waals surface area (Å²) in [6.07, 6.45) is 0.915. The highest BCUT2D eigenvalue weighted by Crippen LogP contribution is 2.28.